The van der Waals surface area contributed by atoms with E-state index in [-0.39, 0.29) is 5.71 Å². The van der Waals surface area contributed by atoms with Gasteiger partial charge >= 0.3 is 0 Å². The van der Waals surface area contributed by atoms with Gasteiger partial charge in [0.25, 0.3) is 5.91 Å². The highest BCUT2D eigenvalue weighted by molar-refractivity contribution is 6.38. The van der Waals surface area contributed by atoms with Crippen LogP contribution >= 0.6 is 0 Å². The summed E-state index contributed by atoms with van der Waals surface area (Å²) in [5, 5.41) is 0. The van der Waals surface area contributed by atoms with Crippen molar-refractivity contribution in [3.63, 3.8) is 0 Å². The fraction of sp³-hybridized carbons (Fsp3) is 0.500. The molecule has 0 aliphatic heterocycles. The molecule has 4 heteroatoms. The average molecular weight is 141 g/mol. The van der Waals surface area contributed by atoms with Crippen LogP contribution in [0.2, 0.25) is 0 Å². The minimum atomic E-state index is -0.512. The Morgan fingerprint density at radius 3 is 2.70 bits per heavy atom. The maximum absolute atomic E-state index is 10.3. The van der Waals surface area contributed by atoms with Crippen molar-refractivity contribution in [2.45, 2.75) is 13.8 Å². The first kappa shape index (κ1) is 8.81. The van der Waals surface area contributed by atoms with E-state index in [1.54, 1.807) is 6.92 Å². The molecule has 4 nitrogen and oxygen atoms in total. The number of rotatable bonds is 3. The second kappa shape index (κ2) is 4.67. The Morgan fingerprint density at radius 1 is 1.70 bits per heavy atom. The average Bonchev–Trinajstić information content (AvgIpc) is 1.88. The predicted molar refractivity (Wildman–Crippen MR) is 41.3 cm³/mol. The number of nitrogens with zero attached hydrogens (tertiary/aromatic N) is 2. The molecule has 56 valence electrons. The molecule has 0 radical (unpaired) electrons. The van der Waals surface area contributed by atoms with Gasteiger partial charge in [0.2, 0.25) is 0 Å². The lowest BCUT2D eigenvalue weighted by atomic mass is 10.4. The smallest absolute Gasteiger partial charge is 0.262 e. The van der Waals surface area contributed by atoms with Crippen LogP contribution in [0.3, 0.4) is 0 Å². The van der Waals surface area contributed by atoms with Gasteiger partial charge in [-0.2, -0.15) is 0 Å². The third-order valence-corrected chi connectivity index (χ3v) is 0.872. The van der Waals surface area contributed by atoms with Crippen LogP contribution in [0.1, 0.15) is 13.8 Å². The second-order valence-corrected chi connectivity index (χ2v) is 1.69. The van der Waals surface area contributed by atoms with E-state index in [9.17, 15) is 4.79 Å². The third kappa shape index (κ3) is 3.77. The van der Waals surface area contributed by atoms with Crippen LogP contribution in [0.25, 0.3) is 0 Å². The summed E-state index contributed by atoms with van der Waals surface area (Å²) in [4.78, 5) is 17.8. The first-order valence-electron chi connectivity index (χ1n) is 3.01. The van der Waals surface area contributed by atoms with Crippen LogP contribution in [-0.2, 0) is 4.79 Å². The van der Waals surface area contributed by atoms with Gasteiger partial charge in [-0.3, -0.25) is 9.79 Å². The van der Waals surface area contributed by atoms with Gasteiger partial charge in [-0.05, 0) is 13.8 Å². The van der Waals surface area contributed by atoms with Crippen LogP contribution in [0.15, 0.2) is 9.98 Å². The first-order valence-corrected chi connectivity index (χ1v) is 3.01. The van der Waals surface area contributed by atoms with Gasteiger partial charge in [0.15, 0.2) is 0 Å². The lowest BCUT2D eigenvalue weighted by molar-refractivity contribution is -0.112. The number of hydrogen-bond acceptors (Lipinski definition) is 2. The van der Waals surface area contributed by atoms with Crippen LogP contribution in [0.5, 0.6) is 0 Å². The molecule has 0 rings (SSSR count). The topological polar surface area (TPSA) is 67.8 Å². The van der Waals surface area contributed by atoms with Gasteiger partial charge in [-0.1, -0.05) is 0 Å². The molecule has 1 amide bonds. The Labute approximate surface area is 59.9 Å². The molecule has 0 aromatic heterocycles. The molecule has 2 N–H and O–H groups in total. The zero-order valence-corrected chi connectivity index (χ0v) is 6.16. The fourth-order valence-corrected chi connectivity index (χ4v) is 0.273. The number of amides is 1. The van der Waals surface area contributed by atoms with Crippen molar-refractivity contribution in [3.05, 3.63) is 0 Å². The highest BCUT2D eigenvalue weighted by Crippen LogP contribution is 1.73. The van der Waals surface area contributed by atoms with Crippen LogP contribution in [0, 0.1) is 0 Å². The van der Waals surface area contributed by atoms with E-state index < -0.39 is 5.91 Å². The van der Waals surface area contributed by atoms with Gasteiger partial charge in [-0.25, -0.2) is 4.99 Å². The predicted octanol–water partition coefficient (Wildman–Crippen LogP) is -0.0192. The Hall–Kier alpha value is -1.19. The molecule has 0 heterocycles. The van der Waals surface area contributed by atoms with Crippen molar-refractivity contribution < 1.29 is 4.79 Å². The molecule has 0 bridgehead atoms. The molecule has 0 unspecified atom stereocenters. The number of aliphatic imine (C=N–C) groups is 2. The van der Waals surface area contributed by atoms with Crippen LogP contribution in [0.4, 0.5) is 0 Å². The monoisotopic (exact) mass is 141 g/mol. The van der Waals surface area contributed by atoms with Crippen molar-refractivity contribution in [1.82, 2.24) is 0 Å². The van der Waals surface area contributed by atoms with E-state index in [4.69, 9.17) is 5.73 Å². The Morgan fingerprint density at radius 2 is 2.30 bits per heavy atom. The van der Waals surface area contributed by atoms with Gasteiger partial charge in [0.05, 0.1) is 0 Å². The Balaban J connectivity index is 3.92. The number of carbonyl (C=O) groups excluding carboxylic acids is 1. The summed E-state index contributed by atoms with van der Waals surface area (Å²) in [6.07, 6.45) is 1.33. The maximum atomic E-state index is 10.3. The quantitative estimate of drug-likeness (QED) is 0.435. The summed E-state index contributed by atoms with van der Waals surface area (Å²) in [6, 6.07) is 0. The molecular weight excluding hydrogens is 130 g/mol. The zero-order chi connectivity index (χ0) is 7.98. The van der Waals surface area contributed by atoms with E-state index in [2.05, 4.69) is 9.98 Å². The number of nitrogens with two attached hydrogens (primary N) is 1. The lowest BCUT2D eigenvalue weighted by Gasteiger charge is -1.86. The van der Waals surface area contributed by atoms with Crippen molar-refractivity contribution in [1.29, 1.82) is 0 Å². The van der Waals surface area contributed by atoms with Crippen LogP contribution < -0.4 is 5.73 Å². The fourth-order valence-electron chi connectivity index (χ4n) is 0.273. The van der Waals surface area contributed by atoms with Crippen molar-refractivity contribution in [2.24, 2.45) is 15.7 Å². The summed E-state index contributed by atoms with van der Waals surface area (Å²) in [7, 11) is 0. The number of hydrogen-bond donors (Lipinski definition) is 1. The van der Waals surface area contributed by atoms with Crippen LogP contribution in [-0.4, -0.2) is 24.5 Å². The third-order valence-electron chi connectivity index (χ3n) is 0.872. The summed E-state index contributed by atoms with van der Waals surface area (Å²) in [5.74, 6) is -0.512. The summed E-state index contributed by atoms with van der Waals surface area (Å²) in [5.41, 5.74) is 5.16. The normalized spacial score (nSPS) is 12.4. The van der Waals surface area contributed by atoms with Gasteiger partial charge < -0.3 is 5.73 Å². The number of carbonyl (C=O) groups is 1. The summed E-state index contributed by atoms with van der Waals surface area (Å²) < 4.78 is 0. The molecule has 10 heavy (non-hydrogen) atoms. The van der Waals surface area contributed by atoms with E-state index in [0.29, 0.717) is 6.54 Å². The van der Waals surface area contributed by atoms with Crippen molar-refractivity contribution in [2.75, 3.05) is 6.54 Å². The summed E-state index contributed by atoms with van der Waals surface area (Å²) in [6.45, 7) is 4.09. The Bertz CT molecular complexity index is 172. The molecule has 0 spiro atoms. The van der Waals surface area contributed by atoms with E-state index in [1.165, 1.54) is 6.34 Å². The SMILES string of the molecule is CCN=CN=C(C)C(N)=O. The van der Waals surface area contributed by atoms with Gasteiger partial charge in [-0.15, -0.1) is 0 Å². The molecule has 0 saturated heterocycles. The van der Waals surface area contributed by atoms with E-state index >= 15 is 0 Å². The number of primary amides is 1. The largest absolute Gasteiger partial charge is 0.365 e. The van der Waals surface area contributed by atoms with Gasteiger partial charge in [0, 0.05) is 6.54 Å². The highest BCUT2D eigenvalue weighted by Gasteiger charge is 1.94. The highest BCUT2D eigenvalue weighted by atomic mass is 16.1. The molecule has 0 saturated carbocycles. The second-order valence-electron chi connectivity index (χ2n) is 1.69. The molecule has 0 aliphatic rings. The maximum Gasteiger partial charge on any atom is 0.262 e. The molecule has 0 atom stereocenters. The standard InChI is InChI=1S/C6H11N3O/c1-3-8-4-9-5(2)6(7)10/h4H,3H2,1-2H3,(H2,7,10). The van der Waals surface area contributed by atoms with E-state index in [0.717, 1.165) is 0 Å². The first-order chi connectivity index (χ1) is 4.68. The minimum Gasteiger partial charge on any atom is -0.365 e. The molecular formula is C6H11N3O. The molecule has 0 aromatic rings. The summed E-state index contributed by atoms with van der Waals surface area (Å²) >= 11 is 0. The molecule has 0 aliphatic carbocycles. The Kier molecular flexibility index (Phi) is 4.11. The van der Waals surface area contributed by atoms with E-state index in [1.807, 2.05) is 6.92 Å². The molecule has 0 aromatic carbocycles. The van der Waals surface area contributed by atoms with Crippen molar-refractivity contribution in [3.8, 4) is 0 Å². The zero-order valence-electron chi connectivity index (χ0n) is 6.16. The molecule has 0 fully saturated rings. The lowest BCUT2D eigenvalue weighted by Crippen LogP contribution is -2.20. The minimum absolute atomic E-state index is 0.275. The van der Waals surface area contributed by atoms with Gasteiger partial charge in [0.1, 0.15) is 12.1 Å². The van der Waals surface area contributed by atoms with Crippen molar-refractivity contribution >= 4 is 18.0 Å².